The molecule has 13 nitrogen and oxygen atoms in total. The quantitative estimate of drug-likeness (QED) is 0.270. The highest BCUT2D eigenvalue weighted by atomic mass is 32.2. The maximum Gasteiger partial charge on any atom is 0.291 e. The summed E-state index contributed by atoms with van der Waals surface area (Å²) in [5.74, 6) is -3.77. The van der Waals surface area contributed by atoms with Gasteiger partial charge in [0, 0.05) is 0 Å². The van der Waals surface area contributed by atoms with Crippen LogP contribution in [-0.4, -0.2) is 61.1 Å². The molecular weight excluding hydrogens is 604 g/mol. The number of fused-ring (bicyclic) bond motifs is 2. The van der Waals surface area contributed by atoms with Gasteiger partial charge in [0.05, 0.1) is 32.8 Å². The molecule has 2 aliphatic rings. The third-order valence-electron chi connectivity index (χ3n) is 7.15. The van der Waals surface area contributed by atoms with E-state index in [1.807, 2.05) is 13.8 Å². The van der Waals surface area contributed by atoms with Crippen molar-refractivity contribution in [3.8, 4) is 11.5 Å². The van der Waals surface area contributed by atoms with Crippen molar-refractivity contribution in [1.82, 2.24) is 10.1 Å². The Morgan fingerprint density at radius 1 is 0.605 bits per heavy atom. The molecule has 2 heterocycles. The Balaban J connectivity index is 1.50. The molecule has 43 heavy (non-hydrogen) atoms. The summed E-state index contributed by atoms with van der Waals surface area (Å²) in [6.07, 6.45) is 3.36. The van der Waals surface area contributed by atoms with E-state index in [-0.39, 0.29) is 43.9 Å². The number of unbranched alkanes of at least 4 members (excludes halogenated alkanes) is 2. The van der Waals surface area contributed by atoms with Crippen molar-refractivity contribution in [1.29, 1.82) is 0 Å². The van der Waals surface area contributed by atoms with Crippen molar-refractivity contribution in [3.05, 3.63) is 58.7 Å². The van der Waals surface area contributed by atoms with Crippen molar-refractivity contribution in [2.45, 2.75) is 76.7 Å². The Bertz CT molecular complexity index is 1560. The summed E-state index contributed by atoms with van der Waals surface area (Å²) in [6.45, 7) is 6.66. The molecular formula is C28H32N2O11S2. The SMILES string of the molecule is CCCCC(C)S(=O)(=O)ON1C(=O)c2ccc(Oc3ccc4c(c3)C(=O)N(OS(=O)(=O)C(C)CCCC)C4=O)cc2C1=O. The lowest BCUT2D eigenvalue weighted by Gasteiger charge is -2.17. The van der Waals surface area contributed by atoms with Gasteiger partial charge in [-0.1, -0.05) is 39.5 Å². The molecule has 0 saturated heterocycles. The normalized spacial score (nSPS) is 16.5. The summed E-state index contributed by atoms with van der Waals surface area (Å²) in [6, 6.07) is 7.67. The molecule has 4 amide bonds. The molecule has 0 fully saturated rings. The molecule has 4 rings (SSSR count). The van der Waals surface area contributed by atoms with Crippen molar-refractivity contribution < 1.29 is 49.3 Å². The summed E-state index contributed by atoms with van der Waals surface area (Å²) in [4.78, 5) is 51.4. The fourth-order valence-electron chi connectivity index (χ4n) is 4.42. The lowest BCUT2D eigenvalue weighted by Crippen LogP contribution is -2.36. The molecule has 2 atom stereocenters. The van der Waals surface area contributed by atoms with E-state index < -0.39 is 54.4 Å². The Morgan fingerprint density at radius 3 is 1.30 bits per heavy atom. The fourth-order valence-corrected chi connectivity index (χ4v) is 6.31. The highest BCUT2D eigenvalue weighted by Crippen LogP contribution is 2.33. The number of hydrogen-bond acceptors (Lipinski definition) is 11. The summed E-state index contributed by atoms with van der Waals surface area (Å²) in [5, 5.41) is -1.46. The lowest BCUT2D eigenvalue weighted by molar-refractivity contribution is -0.0114. The molecule has 0 bridgehead atoms. The molecule has 2 aromatic rings. The molecule has 0 spiro atoms. The van der Waals surface area contributed by atoms with Crippen LogP contribution in [0, 0.1) is 0 Å². The second-order valence-electron chi connectivity index (χ2n) is 10.4. The summed E-state index contributed by atoms with van der Waals surface area (Å²) < 4.78 is 65.9. The highest BCUT2D eigenvalue weighted by molar-refractivity contribution is 7.87. The number of rotatable bonds is 14. The lowest BCUT2D eigenvalue weighted by atomic mass is 10.1. The molecule has 0 N–H and O–H groups in total. The summed E-state index contributed by atoms with van der Waals surface area (Å²) in [5.41, 5.74) is -0.502. The Morgan fingerprint density at radius 2 is 0.953 bits per heavy atom. The van der Waals surface area contributed by atoms with E-state index in [0.717, 1.165) is 12.8 Å². The van der Waals surface area contributed by atoms with Crippen LogP contribution < -0.4 is 4.74 Å². The highest BCUT2D eigenvalue weighted by Gasteiger charge is 2.43. The van der Waals surface area contributed by atoms with Crippen molar-refractivity contribution in [2.24, 2.45) is 0 Å². The van der Waals surface area contributed by atoms with E-state index in [9.17, 15) is 36.0 Å². The van der Waals surface area contributed by atoms with E-state index in [1.165, 1.54) is 50.2 Å². The molecule has 0 radical (unpaired) electrons. The largest absolute Gasteiger partial charge is 0.457 e. The van der Waals surface area contributed by atoms with Gasteiger partial charge >= 0.3 is 0 Å². The number of ether oxygens (including phenoxy) is 1. The minimum atomic E-state index is -4.26. The summed E-state index contributed by atoms with van der Waals surface area (Å²) in [7, 11) is -8.51. The van der Waals surface area contributed by atoms with Crippen LogP contribution in [0.4, 0.5) is 0 Å². The van der Waals surface area contributed by atoms with Gasteiger partial charge in [-0.15, -0.1) is 18.7 Å². The first-order valence-corrected chi connectivity index (χ1v) is 16.8. The van der Waals surface area contributed by atoms with Crippen molar-refractivity contribution in [2.75, 3.05) is 0 Å². The number of hydrogen-bond donors (Lipinski definition) is 0. The van der Waals surface area contributed by atoms with Gasteiger partial charge in [-0.05, 0) is 63.1 Å². The van der Waals surface area contributed by atoms with Crippen LogP contribution in [0.5, 0.6) is 11.5 Å². The second-order valence-corrected chi connectivity index (χ2v) is 14.2. The van der Waals surface area contributed by atoms with Gasteiger partial charge in [-0.25, -0.2) is 0 Å². The molecule has 0 aromatic heterocycles. The number of carbonyl (C=O) groups is 4. The van der Waals surface area contributed by atoms with Crippen LogP contribution in [0.3, 0.4) is 0 Å². The average Bonchev–Trinajstić information content (AvgIpc) is 3.33. The van der Waals surface area contributed by atoms with Crippen LogP contribution in [0.25, 0.3) is 0 Å². The maximum absolute atomic E-state index is 12.9. The predicted octanol–water partition coefficient (Wildman–Crippen LogP) is 4.35. The number of benzene rings is 2. The Hall–Kier alpha value is -3.66. The van der Waals surface area contributed by atoms with E-state index in [0.29, 0.717) is 25.7 Å². The van der Waals surface area contributed by atoms with Gasteiger partial charge in [0.2, 0.25) is 0 Å². The average molecular weight is 637 g/mol. The predicted molar refractivity (Wildman–Crippen MR) is 152 cm³/mol. The smallest absolute Gasteiger partial charge is 0.291 e. The van der Waals surface area contributed by atoms with Crippen molar-refractivity contribution in [3.63, 3.8) is 0 Å². The van der Waals surface area contributed by atoms with Gasteiger partial charge in [0.15, 0.2) is 0 Å². The van der Waals surface area contributed by atoms with Gasteiger partial charge in [0.25, 0.3) is 43.9 Å². The second kappa shape index (κ2) is 12.5. The van der Waals surface area contributed by atoms with E-state index >= 15 is 0 Å². The van der Waals surface area contributed by atoms with Crippen LogP contribution in [-0.2, 0) is 28.8 Å². The maximum atomic E-state index is 12.9. The number of hydroxylamine groups is 4. The number of imide groups is 2. The standard InChI is InChI=1S/C28H32N2O11S2/c1-5-7-9-17(3)42(35,36)40-29-25(31)21-13-11-19(15-23(21)27(29)33)39-20-12-14-22-24(16-20)28(34)30(26(22)32)41-43(37,38)18(4)10-8-6-2/h11-18H,5-10H2,1-4H3. The molecule has 2 unspecified atom stereocenters. The molecule has 2 aromatic carbocycles. The fraction of sp³-hybridized carbons (Fsp3) is 0.429. The third-order valence-corrected chi connectivity index (χ3v) is 10.3. The van der Waals surface area contributed by atoms with Crippen LogP contribution >= 0.6 is 0 Å². The molecule has 2 aliphatic heterocycles. The van der Waals surface area contributed by atoms with Crippen LogP contribution in [0.15, 0.2) is 36.4 Å². The van der Waals surface area contributed by atoms with Gasteiger partial charge in [-0.2, -0.15) is 16.8 Å². The zero-order valence-electron chi connectivity index (χ0n) is 24.1. The van der Waals surface area contributed by atoms with E-state index in [1.54, 1.807) is 0 Å². The first-order valence-electron chi connectivity index (χ1n) is 13.8. The monoisotopic (exact) mass is 636 g/mol. The Kier molecular flexibility index (Phi) is 9.39. The molecule has 0 aliphatic carbocycles. The first kappa shape index (κ1) is 32.3. The number of carbonyl (C=O) groups excluding carboxylic acids is 4. The van der Waals surface area contributed by atoms with Gasteiger partial charge < -0.3 is 4.74 Å². The van der Waals surface area contributed by atoms with Crippen LogP contribution in [0.1, 0.15) is 108 Å². The van der Waals surface area contributed by atoms with E-state index in [2.05, 4.69) is 0 Å². The topological polar surface area (TPSA) is 171 Å². The first-order chi connectivity index (χ1) is 20.2. The van der Waals surface area contributed by atoms with Gasteiger partial charge in [-0.3, -0.25) is 19.2 Å². The number of amides is 4. The van der Waals surface area contributed by atoms with E-state index in [4.69, 9.17) is 13.3 Å². The zero-order chi connectivity index (χ0) is 31.7. The zero-order valence-corrected chi connectivity index (χ0v) is 25.7. The van der Waals surface area contributed by atoms with Crippen molar-refractivity contribution >= 4 is 43.9 Å². The minimum absolute atomic E-state index is 0.0538. The molecule has 232 valence electrons. The third kappa shape index (κ3) is 6.49. The summed E-state index contributed by atoms with van der Waals surface area (Å²) >= 11 is 0. The Labute approximate surface area is 249 Å². The minimum Gasteiger partial charge on any atom is -0.457 e. The van der Waals surface area contributed by atoms with Crippen LogP contribution in [0.2, 0.25) is 0 Å². The molecule has 0 saturated carbocycles. The van der Waals surface area contributed by atoms with Gasteiger partial charge in [0.1, 0.15) is 11.5 Å². The molecule has 15 heteroatoms. The number of nitrogens with zero attached hydrogens (tertiary/aromatic N) is 2.